The van der Waals surface area contributed by atoms with Crippen molar-refractivity contribution in [2.75, 3.05) is 11.1 Å². The summed E-state index contributed by atoms with van der Waals surface area (Å²) in [5, 5.41) is 12.2. The first-order chi connectivity index (χ1) is 10.1. The average molecular weight is 302 g/mol. The van der Waals surface area contributed by atoms with Crippen LogP contribution in [0.3, 0.4) is 0 Å². The lowest BCUT2D eigenvalue weighted by Gasteiger charge is -2.07. The fourth-order valence-corrected chi connectivity index (χ4v) is 2.27. The molecule has 0 aliphatic heterocycles. The molecule has 0 spiro atoms. The molecule has 1 aromatic heterocycles. The van der Waals surface area contributed by atoms with E-state index in [0.29, 0.717) is 5.03 Å². The number of carbonyl (C=O) groups is 2. The van der Waals surface area contributed by atoms with E-state index in [1.54, 1.807) is 6.07 Å². The summed E-state index contributed by atoms with van der Waals surface area (Å²) < 4.78 is 0. The standard InChI is InChI=1S/C15H14N2O3S/c1-10-4-2-3-5-12(10)17-13(18)9-21-14-7-6-11(8-16-14)15(19)20/h2-8H,9H2,1H3,(H,17,18)(H,19,20). The van der Waals surface area contributed by atoms with Gasteiger partial charge < -0.3 is 10.4 Å². The summed E-state index contributed by atoms with van der Waals surface area (Å²) in [6, 6.07) is 10.6. The zero-order chi connectivity index (χ0) is 15.2. The van der Waals surface area contributed by atoms with E-state index in [1.807, 2.05) is 31.2 Å². The number of nitrogens with zero attached hydrogens (tertiary/aromatic N) is 1. The highest BCUT2D eigenvalue weighted by atomic mass is 32.2. The molecule has 21 heavy (non-hydrogen) atoms. The van der Waals surface area contributed by atoms with Crippen LogP contribution in [0.1, 0.15) is 15.9 Å². The smallest absolute Gasteiger partial charge is 0.337 e. The van der Waals surface area contributed by atoms with Crippen molar-refractivity contribution >= 4 is 29.3 Å². The van der Waals surface area contributed by atoms with Gasteiger partial charge in [-0.2, -0.15) is 0 Å². The molecule has 0 aliphatic rings. The minimum Gasteiger partial charge on any atom is -0.478 e. The Morgan fingerprint density at radius 1 is 1.24 bits per heavy atom. The van der Waals surface area contributed by atoms with Gasteiger partial charge in [-0.1, -0.05) is 30.0 Å². The van der Waals surface area contributed by atoms with Crippen molar-refractivity contribution in [3.8, 4) is 0 Å². The molecule has 5 nitrogen and oxygen atoms in total. The number of carbonyl (C=O) groups excluding carboxylic acids is 1. The van der Waals surface area contributed by atoms with E-state index in [1.165, 1.54) is 24.0 Å². The number of anilines is 1. The van der Waals surface area contributed by atoms with Crippen LogP contribution < -0.4 is 5.32 Å². The predicted octanol–water partition coefficient (Wildman–Crippen LogP) is 2.82. The summed E-state index contributed by atoms with van der Waals surface area (Å²) in [7, 11) is 0. The van der Waals surface area contributed by atoms with E-state index in [0.717, 1.165) is 11.3 Å². The number of pyridine rings is 1. The highest BCUT2D eigenvalue weighted by molar-refractivity contribution is 7.99. The number of aromatic nitrogens is 1. The number of rotatable bonds is 5. The van der Waals surface area contributed by atoms with Gasteiger partial charge in [0.15, 0.2) is 0 Å². The van der Waals surface area contributed by atoms with Gasteiger partial charge in [0.2, 0.25) is 5.91 Å². The van der Waals surface area contributed by atoms with Gasteiger partial charge >= 0.3 is 5.97 Å². The lowest BCUT2D eigenvalue weighted by Crippen LogP contribution is -2.14. The Morgan fingerprint density at radius 2 is 2.00 bits per heavy atom. The topological polar surface area (TPSA) is 79.3 Å². The van der Waals surface area contributed by atoms with Crippen LogP contribution in [-0.4, -0.2) is 27.7 Å². The quantitative estimate of drug-likeness (QED) is 0.830. The number of thioether (sulfide) groups is 1. The van der Waals surface area contributed by atoms with Crippen molar-refractivity contribution in [2.24, 2.45) is 0 Å². The molecule has 0 atom stereocenters. The van der Waals surface area contributed by atoms with Gasteiger partial charge in [-0.05, 0) is 30.7 Å². The fraction of sp³-hybridized carbons (Fsp3) is 0.133. The third kappa shape index (κ3) is 4.32. The van der Waals surface area contributed by atoms with Crippen molar-refractivity contribution in [2.45, 2.75) is 11.9 Å². The summed E-state index contributed by atoms with van der Waals surface area (Å²) in [6.45, 7) is 1.93. The van der Waals surface area contributed by atoms with Gasteiger partial charge in [-0.15, -0.1) is 0 Å². The molecule has 1 amide bonds. The van der Waals surface area contributed by atoms with E-state index in [2.05, 4.69) is 10.3 Å². The maximum Gasteiger partial charge on any atom is 0.337 e. The Balaban J connectivity index is 1.89. The van der Waals surface area contributed by atoms with Crippen LogP contribution in [0.25, 0.3) is 0 Å². The molecule has 6 heteroatoms. The Labute approximate surface area is 126 Å². The molecule has 1 aromatic carbocycles. The Bertz CT molecular complexity index is 656. The van der Waals surface area contributed by atoms with Crippen LogP contribution in [0.2, 0.25) is 0 Å². The molecule has 0 unspecified atom stereocenters. The van der Waals surface area contributed by atoms with Gasteiger partial charge in [0.1, 0.15) is 0 Å². The van der Waals surface area contributed by atoms with Crippen molar-refractivity contribution in [1.82, 2.24) is 4.98 Å². The van der Waals surface area contributed by atoms with Crippen molar-refractivity contribution < 1.29 is 14.7 Å². The largest absolute Gasteiger partial charge is 0.478 e. The van der Waals surface area contributed by atoms with Crippen molar-refractivity contribution in [3.05, 3.63) is 53.7 Å². The lowest BCUT2D eigenvalue weighted by molar-refractivity contribution is -0.113. The first-order valence-corrected chi connectivity index (χ1v) is 7.22. The third-order valence-electron chi connectivity index (χ3n) is 2.75. The summed E-state index contributed by atoms with van der Waals surface area (Å²) in [5.74, 6) is -0.928. The first-order valence-electron chi connectivity index (χ1n) is 6.24. The number of aromatic carboxylic acids is 1. The van der Waals surface area contributed by atoms with Crippen LogP contribution in [0.5, 0.6) is 0 Å². The Hall–Kier alpha value is -2.34. The van der Waals surface area contributed by atoms with Crippen LogP contribution in [0.4, 0.5) is 5.69 Å². The number of carboxylic acid groups (broad SMARTS) is 1. The van der Waals surface area contributed by atoms with Gasteiger partial charge in [-0.3, -0.25) is 4.79 Å². The van der Waals surface area contributed by atoms with Crippen LogP contribution >= 0.6 is 11.8 Å². The van der Waals surface area contributed by atoms with Crippen LogP contribution in [0.15, 0.2) is 47.6 Å². The minimum absolute atomic E-state index is 0.126. The number of benzene rings is 1. The second-order valence-corrected chi connectivity index (χ2v) is 5.34. The van der Waals surface area contributed by atoms with Crippen molar-refractivity contribution in [1.29, 1.82) is 0 Å². The number of para-hydroxylation sites is 1. The third-order valence-corrected chi connectivity index (χ3v) is 3.70. The Kier molecular flexibility index (Phi) is 4.94. The SMILES string of the molecule is Cc1ccccc1NC(=O)CSc1ccc(C(=O)O)cn1. The van der Waals surface area contributed by atoms with E-state index in [9.17, 15) is 9.59 Å². The number of aryl methyl sites for hydroxylation is 1. The average Bonchev–Trinajstić information content (AvgIpc) is 2.48. The van der Waals surface area contributed by atoms with E-state index in [4.69, 9.17) is 5.11 Å². The number of carboxylic acids is 1. The summed E-state index contributed by atoms with van der Waals surface area (Å²) >= 11 is 1.26. The molecule has 2 rings (SSSR count). The highest BCUT2D eigenvalue weighted by Gasteiger charge is 2.07. The molecule has 0 saturated heterocycles. The summed E-state index contributed by atoms with van der Waals surface area (Å²) in [4.78, 5) is 26.6. The van der Waals surface area contributed by atoms with Gasteiger partial charge in [-0.25, -0.2) is 9.78 Å². The predicted molar refractivity (Wildman–Crippen MR) is 81.7 cm³/mol. The molecule has 1 heterocycles. The normalized spacial score (nSPS) is 10.1. The molecule has 2 N–H and O–H groups in total. The first kappa shape index (κ1) is 15.1. The second kappa shape index (κ2) is 6.90. The van der Waals surface area contributed by atoms with E-state index in [-0.39, 0.29) is 17.2 Å². The Morgan fingerprint density at radius 3 is 2.62 bits per heavy atom. The summed E-state index contributed by atoms with van der Waals surface area (Å²) in [6.07, 6.45) is 1.28. The molecule has 0 saturated carbocycles. The monoisotopic (exact) mass is 302 g/mol. The molecule has 0 fully saturated rings. The minimum atomic E-state index is -1.02. The molecular weight excluding hydrogens is 288 g/mol. The maximum atomic E-state index is 11.9. The zero-order valence-corrected chi connectivity index (χ0v) is 12.2. The number of hydrogen-bond acceptors (Lipinski definition) is 4. The second-order valence-electron chi connectivity index (χ2n) is 4.34. The number of amides is 1. The lowest BCUT2D eigenvalue weighted by atomic mass is 10.2. The summed E-state index contributed by atoms with van der Waals surface area (Å²) in [5.41, 5.74) is 1.92. The van der Waals surface area contributed by atoms with Gasteiger partial charge in [0.25, 0.3) is 0 Å². The molecule has 0 radical (unpaired) electrons. The van der Waals surface area contributed by atoms with Crippen LogP contribution in [-0.2, 0) is 4.79 Å². The van der Waals surface area contributed by atoms with E-state index >= 15 is 0 Å². The van der Waals surface area contributed by atoms with Gasteiger partial charge in [0.05, 0.1) is 16.3 Å². The number of nitrogens with one attached hydrogen (secondary N) is 1. The van der Waals surface area contributed by atoms with Gasteiger partial charge in [0, 0.05) is 11.9 Å². The number of hydrogen-bond donors (Lipinski definition) is 2. The molecular formula is C15H14N2O3S. The molecule has 2 aromatic rings. The van der Waals surface area contributed by atoms with Crippen molar-refractivity contribution in [3.63, 3.8) is 0 Å². The van der Waals surface area contributed by atoms with E-state index < -0.39 is 5.97 Å². The molecule has 0 aliphatic carbocycles. The highest BCUT2D eigenvalue weighted by Crippen LogP contribution is 2.17. The molecule has 0 bridgehead atoms. The zero-order valence-electron chi connectivity index (χ0n) is 11.4. The van der Waals surface area contributed by atoms with Crippen LogP contribution in [0, 0.1) is 6.92 Å². The fourth-order valence-electron chi connectivity index (χ4n) is 1.63. The maximum absolute atomic E-state index is 11.9. The molecule has 108 valence electrons.